The van der Waals surface area contributed by atoms with Crippen LogP contribution in [0, 0.1) is 0 Å². The lowest BCUT2D eigenvalue weighted by atomic mass is 10.3. The van der Waals surface area contributed by atoms with Crippen molar-refractivity contribution in [2.75, 3.05) is 18.0 Å². The quantitative estimate of drug-likeness (QED) is 0.354. The Kier molecular flexibility index (Phi) is 5.49. The Morgan fingerprint density at radius 1 is 1.10 bits per heavy atom. The summed E-state index contributed by atoms with van der Waals surface area (Å²) in [4.78, 5) is 3.23. The lowest BCUT2D eigenvalue weighted by Crippen LogP contribution is -2.22. The first-order valence-electron chi connectivity index (χ1n) is 9.69. The van der Waals surface area contributed by atoms with Gasteiger partial charge in [-0.1, -0.05) is 35.5 Å². The van der Waals surface area contributed by atoms with E-state index < -0.39 is 0 Å². The van der Waals surface area contributed by atoms with E-state index in [4.69, 9.17) is 16.0 Å². The summed E-state index contributed by atoms with van der Waals surface area (Å²) in [6.07, 6.45) is 2.32. The van der Waals surface area contributed by atoms with Crippen molar-refractivity contribution in [2.45, 2.75) is 30.2 Å². The molecule has 0 aliphatic carbocycles. The molecule has 0 spiro atoms. The first-order chi connectivity index (χ1) is 14.7. The first-order valence-corrected chi connectivity index (χ1v) is 11.8. The molecule has 4 heterocycles. The fourth-order valence-electron chi connectivity index (χ4n) is 3.41. The highest BCUT2D eigenvalue weighted by Crippen LogP contribution is 2.38. The van der Waals surface area contributed by atoms with Gasteiger partial charge in [-0.05, 0) is 49.4 Å². The van der Waals surface area contributed by atoms with Crippen LogP contribution in [0.5, 0.6) is 0 Å². The summed E-state index contributed by atoms with van der Waals surface area (Å²) in [7, 11) is 0. The van der Waals surface area contributed by atoms with Gasteiger partial charge in [0.2, 0.25) is 11.8 Å². The lowest BCUT2D eigenvalue weighted by Gasteiger charge is -2.19. The second-order valence-electron chi connectivity index (χ2n) is 6.97. The molecule has 1 aliphatic heterocycles. The van der Waals surface area contributed by atoms with Crippen LogP contribution in [-0.4, -0.2) is 38.1 Å². The molecule has 1 fully saturated rings. The molecule has 1 aliphatic rings. The lowest BCUT2D eigenvalue weighted by molar-refractivity contribution is 0.510. The van der Waals surface area contributed by atoms with E-state index in [1.165, 1.54) is 0 Å². The van der Waals surface area contributed by atoms with Crippen molar-refractivity contribution < 1.29 is 4.42 Å². The minimum Gasteiger partial charge on any atom is -0.419 e. The van der Waals surface area contributed by atoms with Crippen molar-refractivity contribution in [2.24, 2.45) is 0 Å². The van der Waals surface area contributed by atoms with E-state index in [0.717, 1.165) is 47.6 Å². The Balaban J connectivity index is 1.46. The van der Waals surface area contributed by atoms with Crippen molar-refractivity contribution in [1.82, 2.24) is 25.0 Å². The number of hydrogen-bond acceptors (Lipinski definition) is 8. The fraction of sp³-hybridized carbons (Fsp3) is 0.300. The molecular weight excluding hydrogens is 440 g/mol. The second-order valence-corrected chi connectivity index (χ2v) is 9.67. The number of benzene rings is 1. The highest BCUT2D eigenvalue weighted by atomic mass is 35.5. The predicted molar refractivity (Wildman–Crippen MR) is 120 cm³/mol. The summed E-state index contributed by atoms with van der Waals surface area (Å²) in [5.74, 6) is 1.95. The molecular formula is C20H19ClN6OS2. The highest BCUT2D eigenvalue weighted by Gasteiger charge is 2.25. The van der Waals surface area contributed by atoms with E-state index in [2.05, 4.69) is 29.9 Å². The predicted octanol–water partition coefficient (Wildman–Crippen LogP) is 5.49. The van der Waals surface area contributed by atoms with Crippen LogP contribution in [0.1, 0.15) is 30.9 Å². The van der Waals surface area contributed by atoms with Gasteiger partial charge < -0.3 is 9.32 Å². The normalized spacial score (nSPS) is 15.1. The number of hydrogen-bond donors (Lipinski definition) is 0. The van der Waals surface area contributed by atoms with Crippen molar-refractivity contribution in [1.29, 1.82) is 0 Å². The van der Waals surface area contributed by atoms with Crippen LogP contribution in [0.25, 0.3) is 16.5 Å². The molecule has 0 saturated carbocycles. The Labute approximate surface area is 187 Å². The third kappa shape index (κ3) is 3.84. The fourth-order valence-corrected chi connectivity index (χ4v) is 5.13. The van der Waals surface area contributed by atoms with Crippen LogP contribution in [0.4, 0.5) is 5.95 Å². The third-order valence-corrected chi connectivity index (χ3v) is 7.00. The Bertz CT molecular complexity index is 1140. The molecule has 1 atom stereocenters. The van der Waals surface area contributed by atoms with Crippen LogP contribution in [-0.2, 0) is 0 Å². The zero-order valence-electron chi connectivity index (χ0n) is 16.2. The topological polar surface area (TPSA) is 72.9 Å². The second kappa shape index (κ2) is 8.41. The molecule has 0 N–H and O–H groups in total. The van der Waals surface area contributed by atoms with Crippen molar-refractivity contribution in [3.8, 4) is 16.5 Å². The van der Waals surface area contributed by atoms with E-state index in [-0.39, 0.29) is 5.25 Å². The van der Waals surface area contributed by atoms with Crippen molar-refractivity contribution >= 4 is 40.6 Å². The number of nitrogens with zero attached hydrogens (tertiary/aromatic N) is 6. The molecule has 1 saturated heterocycles. The summed E-state index contributed by atoms with van der Waals surface area (Å²) in [5, 5.41) is 20.8. The summed E-state index contributed by atoms with van der Waals surface area (Å²) in [5.41, 5.74) is 0.939. The molecule has 0 unspecified atom stereocenters. The standard InChI is InChI=1S/C20H19ClN6OS2/c1-13(17-22-23-18(28-17)16-8-5-11-29-16)30-20-25-24-19(26-9-2-3-10-26)27(20)15-7-4-6-14(21)12-15/h4-8,11-13H,2-3,9-10H2,1H3/t13-/m1/s1. The molecule has 0 radical (unpaired) electrons. The summed E-state index contributed by atoms with van der Waals surface area (Å²) < 4.78 is 7.98. The smallest absolute Gasteiger partial charge is 0.257 e. The SMILES string of the molecule is C[C@@H](Sc1nnc(N2CCCC2)n1-c1cccc(Cl)c1)c1nnc(-c2cccs2)o1. The van der Waals surface area contributed by atoms with Gasteiger partial charge in [0.1, 0.15) is 0 Å². The van der Waals surface area contributed by atoms with Gasteiger partial charge >= 0.3 is 0 Å². The maximum absolute atomic E-state index is 6.27. The highest BCUT2D eigenvalue weighted by molar-refractivity contribution is 7.99. The van der Waals surface area contributed by atoms with Crippen LogP contribution in [0.3, 0.4) is 0 Å². The number of thiophene rings is 1. The maximum atomic E-state index is 6.27. The Hall–Kier alpha value is -2.36. The Morgan fingerprint density at radius 2 is 1.97 bits per heavy atom. The van der Waals surface area contributed by atoms with Gasteiger partial charge in [-0.2, -0.15) is 0 Å². The van der Waals surface area contributed by atoms with Gasteiger partial charge in [-0.15, -0.1) is 31.7 Å². The number of halogens is 1. The molecule has 3 aromatic heterocycles. The molecule has 0 bridgehead atoms. The van der Waals surface area contributed by atoms with Gasteiger partial charge in [0, 0.05) is 18.1 Å². The monoisotopic (exact) mass is 458 g/mol. The Morgan fingerprint density at radius 3 is 2.73 bits per heavy atom. The number of aromatic nitrogens is 5. The van der Waals surface area contributed by atoms with Gasteiger partial charge in [-0.25, -0.2) is 0 Å². The third-order valence-electron chi connectivity index (χ3n) is 4.87. The van der Waals surface area contributed by atoms with Gasteiger partial charge in [-0.3, -0.25) is 4.57 Å². The number of thioether (sulfide) groups is 1. The van der Waals surface area contributed by atoms with E-state index in [1.54, 1.807) is 23.1 Å². The van der Waals surface area contributed by atoms with E-state index in [0.29, 0.717) is 16.8 Å². The number of anilines is 1. The summed E-state index contributed by atoms with van der Waals surface area (Å²) in [6.45, 7) is 3.99. The van der Waals surface area contributed by atoms with E-state index in [9.17, 15) is 0 Å². The van der Waals surface area contributed by atoms with Crippen LogP contribution in [0.15, 0.2) is 51.4 Å². The average molecular weight is 459 g/mol. The van der Waals surface area contributed by atoms with Gasteiger partial charge in [0.25, 0.3) is 5.89 Å². The molecule has 0 amide bonds. The minimum absolute atomic E-state index is 0.0835. The van der Waals surface area contributed by atoms with Crippen molar-refractivity contribution in [3.63, 3.8) is 0 Å². The van der Waals surface area contributed by atoms with Crippen LogP contribution in [0.2, 0.25) is 5.02 Å². The zero-order chi connectivity index (χ0) is 20.5. The molecule has 7 nitrogen and oxygen atoms in total. The molecule has 4 aromatic rings. The molecule has 10 heteroatoms. The maximum Gasteiger partial charge on any atom is 0.257 e. The minimum atomic E-state index is -0.0835. The van der Waals surface area contributed by atoms with Gasteiger partial charge in [0.05, 0.1) is 15.8 Å². The van der Waals surface area contributed by atoms with E-state index >= 15 is 0 Å². The zero-order valence-corrected chi connectivity index (χ0v) is 18.6. The van der Waals surface area contributed by atoms with E-state index in [1.807, 2.05) is 48.7 Å². The molecule has 1 aromatic carbocycles. The number of rotatable bonds is 6. The van der Waals surface area contributed by atoms with Gasteiger partial charge in [0.15, 0.2) is 5.16 Å². The van der Waals surface area contributed by atoms with Crippen molar-refractivity contribution in [3.05, 3.63) is 52.7 Å². The molecule has 30 heavy (non-hydrogen) atoms. The molecule has 5 rings (SSSR count). The first kappa shape index (κ1) is 19.6. The molecule has 154 valence electrons. The average Bonchev–Trinajstić information content (AvgIpc) is 3.55. The largest absolute Gasteiger partial charge is 0.419 e. The van der Waals surface area contributed by atoms with Crippen LogP contribution < -0.4 is 4.90 Å². The summed E-state index contributed by atoms with van der Waals surface area (Å²) >= 11 is 9.39. The summed E-state index contributed by atoms with van der Waals surface area (Å²) in [6, 6.07) is 11.7. The van der Waals surface area contributed by atoms with Crippen LogP contribution >= 0.6 is 34.7 Å².